The molecule has 1 atom stereocenters. The van der Waals surface area contributed by atoms with Gasteiger partial charge in [0.15, 0.2) is 0 Å². The number of hydrogen-bond acceptors (Lipinski definition) is 2. The molecular formula is C12H25NO. The lowest BCUT2D eigenvalue weighted by molar-refractivity contribution is 0.0296. The molecule has 0 aromatic carbocycles. The molecule has 1 saturated heterocycles. The van der Waals surface area contributed by atoms with Gasteiger partial charge in [0.1, 0.15) is 0 Å². The largest absolute Gasteiger partial charge is 0.379 e. The van der Waals surface area contributed by atoms with E-state index in [1.54, 1.807) is 0 Å². The van der Waals surface area contributed by atoms with E-state index < -0.39 is 0 Å². The predicted octanol–water partition coefficient (Wildman–Crippen LogP) is 2.54. The second-order valence-corrected chi connectivity index (χ2v) is 4.33. The van der Waals surface area contributed by atoms with Crippen molar-refractivity contribution < 1.29 is 4.74 Å². The molecule has 1 heterocycles. The normalized spacial score (nSPS) is 21.0. The molecule has 1 fully saturated rings. The first kappa shape index (κ1) is 12.0. The number of nitrogens with zero attached hydrogens (tertiary/aromatic N) is 1. The van der Waals surface area contributed by atoms with Crippen LogP contribution in [-0.4, -0.2) is 37.7 Å². The minimum atomic E-state index is 0.910. The summed E-state index contributed by atoms with van der Waals surface area (Å²) in [5, 5.41) is 0. The quantitative estimate of drug-likeness (QED) is 0.652. The minimum Gasteiger partial charge on any atom is -0.379 e. The van der Waals surface area contributed by atoms with Crippen LogP contribution >= 0.6 is 0 Å². The summed E-state index contributed by atoms with van der Waals surface area (Å²) in [6.45, 7) is 10.0. The van der Waals surface area contributed by atoms with Crippen molar-refractivity contribution in [1.29, 1.82) is 0 Å². The van der Waals surface area contributed by atoms with Crippen molar-refractivity contribution in [1.82, 2.24) is 4.90 Å². The Hall–Kier alpha value is -0.0800. The van der Waals surface area contributed by atoms with Gasteiger partial charge in [0.25, 0.3) is 0 Å². The Morgan fingerprint density at radius 1 is 1.21 bits per heavy atom. The molecule has 0 aromatic rings. The van der Waals surface area contributed by atoms with Gasteiger partial charge in [-0.1, -0.05) is 33.1 Å². The molecule has 0 amide bonds. The highest BCUT2D eigenvalue weighted by Crippen LogP contribution is 2.14. The topological polar surface area (TPSA) is 12.5 Å². The summed E-state index contributed by atoms with van der Waals surface area (Å²) < 4.78 is 5.35. The maximum Gasteiger partial charge on any atom is 0.0594 e. The predicted molar refractivity (Wildman–Crippen MR) is 60.6 cm³/mol. The molecule has 0 aliphatic carbocycles. The molecule has 1 aliphatic heterocycles. The molecule has 2 nitrogen and oxygen atoms in total. The third-order valence-corrected chi connectivity index (χ3v) is 3.16. The molecule has 1 rings (SSSR count). The van der Waals surface area contributed by atoms with Crippen LogP contribution in [0.2, 0.25) is 0 Å². The van der Waals surface area contributed by atoms with Crippen molar-refractivity contribution in [2.75, 3.05) is 32.8 Å². The van der Waals surface area contributed by atoms with Gasteiger partial charge in [-0.3, -0.25) is 4.90 Å². The molecule has 0 radical (unpaired) electrons. The zero-order valence-electron chi connectivity index (χ0n) is 9.80. The number of morpholine rings is 1. The zero-order chi connectivity index (χ0) is 10.2. The fourth-order valence-electron chi connectivity index (χ4n) is 2.07. The first-order valence-corrected chi connectivity index (χ1v) is 6.16. The summed E-state index contributed by atoms with van der Waals surface area (Å²) in [6.07, 6.45) is 5.46. The fourth-order valence-corrected chi connectivity index (χ4v) is 2.07. The maximum absolute atomic E-state index is 5.35. The fraction of sp³-hybridized carbons (Fsp3) is 1.00. The Kier molecular flexibility index (Phi) is 6.20. The highest BCUT2D eigenvalue weighted by molar-refractivity contribution is 4.67. The van der Waals surface area contributed by atoms with Crippen molar-refractivity contribution in [3.63, 3.8) is 0 Å². The summed E-state index contributed by atoms with van der Waals surface area (Å²) >= 11 is 0. The first-order chi connectivity index (χ1) is 6.86. The van der Waals surface area contributed by atoms with Crippen molar-refractivity contribution in [2.45, 2.75) is 39.5 Å². The zero-order valence-corrected chi connectivity index (χ0v) is 9.80. The van der Waals surface area contributed by atoms with E-state index in [-0.39, 0.29) is 0 Å². The average Bonchev–Trinajstić information content (AvgIpc) is 2.25. The molecule has 0 unspecified atom stereocenters. The van der Waals surface area contributed by atoms with E-state index in [0.29, 0.717) is 0 Å². The molecule has 2 heteroatoms. The molecule has 14 heavy (non-hydrogen) atoms. The molecular weight excluding hydrogens is 174 g/mol. The van der Waals surface area contributed by atoms with Gasteiger partial charge in [-0.05, 0) is 12.3 Å². The number of hydrogen-bond donors (Lipinski definition) is 0. The Morgan fingerprint density at radius 2 is 1.93 bits per heavy atom. The molecule has 0 aromatic heterocycles. The third-order valence-electron chi connectivity index (χ3n) is 3.16. The van der Waals surface area contributed by atoms with Crippen molar-refractivity contribution in [2.24, 2.45) is 5.92 Å². The summed E-state index contributed by atoms with van der Waals surface area (Å²) in [6, 6.07) is 0. The van der Waals surface area contributed by atoms with Crippen LogP contribution in [0, 0.1) is 5.92 Å². The molecule has 0 N–H and O–H groups in total. The van der Waals surface area contributed by atoms with Gasteiger partial charge in [0.05, 0.1) is 13.2 Å². The molecule has 1 aliphatic rings. The smallest absolute Gasteiger partial charge is 0.0594 e. The second kappa shape index (κ2) is 7.24. The van der Waals surface area contributed by atoms with E-state index in [9.17, 15) is 0 Å². The van der Waals surface area contributed by atoms with E-state index in [0.717, 1.165) is 32.2 Å². The third kappa shape index (κ3) is 4.43. The number of rotatable bonds is 6. The van der Waals surface area contributed by atoms with Crippen LogP contribution in [0.1, 0.15) is 39.5 Å². The first-order valence-electron chi connectivity index (χ1n) is 6.16. The highest BCUT2D eigenvalue weighted by Gasteiger charge is 2.14. The summed E-state index contributed by atoms with van der Waals surface area (Å²) in [4.78, 5) is 2.56. The van der Waals surface area contributed by atoms with Gasteiger partial charge in [0.2, 0.25) is 0 Å². The van der Waals surface area contributed by atoms with E-state index in [1.165, 1.54) is 32.2 Å². The Bertz CT molecular complexity index is 132. The number of unbranched alkanes of at least 4 members (excludes halogenated alkanes) is 1. The van der Waals surface area contributed by atoms with Crippen molar-refractivity contribution in [3.05, 3.63) is 0 Å². The van der Waals surface area contributed by atoms with E-state index in [4.69, 9.17) is 4.74 Å². The van der Waals surface area contributed by atoms with Crippen molar-refractivity contribution >= 4 is 0 Å². The number of ether oxygens (including phenoxy) is 1. The van der Waals surface area contributed by atoms with Gasteiger partial charge in [-0.15, -0.1) is 0 Å². The van der Waals surface area contributed by atoms with Crippen LogP contribution in [0.25, 0.3) is 0 Å². The summed E-state index contributed by atoms with van der Waals surface area (Å²) in [5.41, 5.74) is 0. The van der Waals surface area contributed by atoms with Gasteiger partial charge < -0.3 is 4.74 Å². The van der Waals surface area contributed by atoms with Gasteiger partial charge >= 0.3 is 0 Å². The monoisotopic (exact) mass is 199 g/mol. The van der Waals surface area contributed by atoms with Crippen LogP contribution in [0.15, 0.2) is 0 Å². The van der Waals surface area contributed by atoms with Crippen molar-refractivity contribution in [3.8, 4) is 0 Å². The Labute approximate surface area is 88.6 Å². The van der Waals surface area contributed by atoms with Crippen LogP contribution in [-0.2, 0) is 4.74 Å². The summed E-state index contributed by atoms with van der Waals surface area (Å²) in [5.74, 6) is 0.910. The maximum atomic E-state index is 5.35. The molecule has 84 valence electrons. The minimum absolute atomic E-state index is 0.910. The van der Waals surface area contributed by atoms with Crippen LogP contribution in [0.5, 0.6) is 0 Å². The summed E-state index contributed by atoms with van der Waals surface area (Å²) in [7, 11) is 0. The van der Waals surface area contributed by atoms with Crippen LogP contribution < -0.4 is 0 Å². The van der Waals surface area contributed by atoms with Crippen LogP contribution in [0.4, 0.5) is 0 Å². The molecule has 0 saturated carbocycles. The Morgan fingerprint density at radius 3 is 2.50 bits per heavy atom. The van der Waals surface area contributed by atoms with E-state index in [1.807, 2.05) is 0 Å². The average molecular weight is 199 g/mol. The van der Waals surface area contributed by atoms with Gasteiger partial charge in [-0.2, -0.15) is 0 Å². The van der Waals surface area contributed by atoms with Gasteiger partial charge in [-0.25, -0.2) is 0 Å². The van der Waals surface area contributed by atoms with Gasteiger partial charge in [0, 0.05) is 19.6 Å². The Balaban J connectivity index is 2.16. The second-order valence-electron chi connectivity index (χ2n) is 4.33. The SMILES string of the molecule is CCCC[C@H](CC)CN1CCOCC1. The van der Waals surface area contributed by atoms with Crippen LogP contribution in [0.3, 0.4) is 0 Å². The van der Waals surface area contributed by atoms with E-state index in [2.05, 4.69) is 18.7 Å². The molecule has 0 bridgehead atoms. The molecule has 0 spiro atoms. The lowest BCUT2D eigenvalue weighted by Crippen LogP contribution is -2.39. The lowest BCUT2D eigenvalue weighted by atomic mass is 9.98. The lowest BCUT2D eigenvalue weighted by Gasteiger charge is -2.30. The standard InChI is InChI=1S/C12H25NO/c1-3-5-6-12(4-2)11-13-7-9-14-10-8-13/h12H,3-11H2,1-2H3/t12-/m0/s1. The van der Waals surface area contributed by atoms with E-state index >= 15 is 0 Å². The highest BCUT2D eigenvalue weighted by atomic mass is 16.5.